The van der Waals surface area contributed by atoms with Crippen LogP contribution in [-0.4, -0.2) is 87.2 Å². The summed E-state index contributed by atoms with van der Waals surface area (Å²) in [5.74, 6) is 0.187. The number of likely N-dealkylation sites (N-methyl/N-ethyl adjacent to an activating group) is 2. The smallest absolute Gasteiger partial charge is 0.254 e. The number of fused-ring (bicyclic) bond motifs is 1. The Bertz CT molecular complexity index is 1090. The lowest BCUT2D eigenvalue weighted by atomic mass is 9.99. The Morgan fingerprint density at radius 3 is 2.40 bits per heavy atom. The number of carbonyl (C=O) groups is 2. The number of anilines is 4. The molecule has 0 radical (unpaired) electrons. The molecule has 5 rings (SSSR count). The van der Waals surface area contributed by atoms with Gasteiger partial charge in [0.05, 0.1) is 11.4 Å². The van der Waals surface area contributed by atoms with Crippen molar-refractivity contribution in [1.29, 1.82) is 0 Å². The number of benzene rings is 2. The number of piperazine rings is 1. The molecule has 2 saturated heterocycles. The Balaban J connectivity index is 1.39. The topological polar surface area (TPSA) is 68.4 Å². The molecular formula is C27H35N5O3. The molecule has 1 N–H and O–H groups in total. The highest BCUT2D eigenvalue weighted by Crippen LogP contribution is 2.40. The Labute approximate surface area is 207 Å². The Hall–Kier alpha value is -3.10. The number of nitrogens with one attached hydrogen (secondary N) is 1. The molecule has 2 fully saturated rings. The van der Waals surface area contributed by atoms with Gasteiger partial charge in [-0.2, -0.15) is 0 Å². The molecule has 0 aromatic heterocycles. The first-order chi connectivity index (χ1) is 16.9. The third-order valence-electron chi connectivity index (χ3n) is 7.49. The molecule has 0 saturated carbocycles. The number of hydrogen-bond acceptors (Lipinski definition) is 6. The van der Waals surface area contributed by atoms with E-state index in [0.717, 1.165) is 75.0 Å². The highest BCUT2D eigenvalue weighted by molar-refractivity contribution is 6.05. The Morgan fingerprint density at radius 1 is 0.943 bits per heavy atom. The summed E-state index contributed by atoms with van der Waals surface area (Å²) in [4.78, 5) is 34.2. The summed E-state index contributed by atoms with van der Waals surface area (Å²) in [6.07, 6.45) is 1.82. The maximum absolute atomic E-state index is 13.0. The fraction of sp³-hybridized carbons (Fsp3) is 0.481. The maximum Gasteiger partial charge on any atom is 0.254 e. The average Bonchev–Trinajstić information content (AvgIpc) is 2.88. The second kappa shape index (κ2) is 9.87. The van der Waals surface area contributed by atoms with Gasteiger partial charge in [-0.3, -0.25) is 9.59 Å². The van der Waals surface area contributed by atoms with Crippen LogP contribution in [0.4, 0.5) is 22.7 Å². The van der Waals surface area contributed by atoms with Crippen LogP contribution in [-0.2, 0) is 9.53 Å². The molecular weight excluding hydrogens is 442 g/mol. The first-order valence-corrected chi connectivity index (χ1v) is 12.5. The van der Waals surface area contributed by atoms with Crippen LogP contribution in [0.5, 0.6) is 0 Å². The van der Waals surface area contributed by atoms with Gasteiger partial charge >= 0.3 is 0 Å². The predicted octanol–water partition coefficient (Wildman–Crippen LogP) is 3.17. The number of ether oxygens (including phenoxy) is 1. The molecule has 2 aromatic carbocycles. The minimum absolute atomic E-state index is 0.0758. The fourth-order valence-corrected chi connectivity index (χ4v) is 5.38. The zero-order chi connectivity index (χ0) is 24.5. The van der Waals surface area contributed by atoms with Crippen LogP contribution in [0, 0.1) is 0 Å². The standard InChI is InChI=1S/C27H35N5O3/c1-19-26(33)30(3)24-8-7-22(18-25(24)32(19)23-9-15-35-16-10-23)28-21-6-4-5-20(17-21)27(34)31-13-11-29(2)12-14-31/h4-8,17-19,23,28H,9-16H2,1-3H3/t19-/m1/s1. The minimum atomic E-state index is -0.226. The molecule has 186 valence electrons. The molecule has 1 atom stereocenters. The van der Waals surface area contributed by atoms with Gasteiger partial charge in [-0.15, -0.1) is 0 Å². The molecule has 35 heavy (non-hydrogen) atoms. The van der Waals surface area contributed by atoms with Gasteiger partial charge in [0.25, 0.3) is 5.91 Å². The number of nitrogens with zero attached hydrogens (tertiary/aromatic N) is 4. The van der Waals surface area contributed by atoms with Crippen LogP contribution >= 0.6 is 0 Å². The van der Waals surface area contributed by atoms with Crippen molar-refractivity contribution in [3.8, 4) is 0 Å². The number of amides is 2. The van der Waals surface area contributed by atoms with E-state index in [9.17, 15) is 9.59 Å². The van der Waals surface area contributed by atoms with E-state index < -0.39 is 0 Å². The molecule has 3 heterocycles. The van der Waals surface area contributed by atoms with Crippen LogP contribution in [0.3, 0.4) is 0 Å². The summed E-state index contributed by atoms with van der Waals surface area (Å²) < 4.78 is 5.58. The quantitative estimate of drug-likeness (QED) is 0.730. The Kier molecular flexibility index (Phi) is 6.67. The Morgan fingerprint density at radius 2 is 1.66 bits per heavy atom. The van der Waals surface area contributed by atoms with Crippen molar-refractivity contribution in [3.63, 3.8) is 0 Å². The van der Waals surface area contributed by atoms with Crippen molar-refractivity contribution in [1.82, 2.24) is 9.80 Å². The monoisotopic (exact) mass is 477 g/mol. The summed E-state index contributed by atoms with van der Waals surface area (Å²) in [7, 11) is 3.93. The minimum Gasteiger partial charge on any atom is -0.381 e. The van der Waals surface area contributed by atoms with Gasteiger partial charge in [0.1, 0.15) is 6.04 Å². The van der Waals surface area contributed by atoms with E-state index in [4.69, 9.17) is 4.74 Å². The molecule has 8 heteroatoms. The second-order valence-corrected chi connectivity index (χ2v) is 9.83. The molecule has 0 aliphatic carbocycles. The summed E-state index contributed by atoms with van der Waals surface area (Å²) in [6, 6.07) is 13.9. The molecule has 2 amide bonds. The molecule has 8 nitrogen and oxygen atoms in total. The fourth-order valence-electron chi connectivity index (χ4n) is 5.38. The van der Waals surface area contributed by atoms with E-state index in [-0.39, 0.29) is 23.9 Å². The molecule has 0 unspecified atom stereocenters. The highest BCUT2D eigenvalue weighted by atomic mass is 16.5. The maximum atomic E-state index is 13.0. The second-order valence-electron chi connectivity index (χ2n) is 9.83. The van der Waals surface area contributed by atoms with Gasteiger partial charge in [-0.1, -0.05) is 6.07 Å². The van der Waals surface area contributed by atoms with Gasteiger partial charge in [-0.05, 0) is 63.2 Å². The lowest BCUT2D eigenvalue weighted by molar-refractivity contribution is -0.119. The first-order valence-electron chi connectivity index (χ1n) is 12.5. The molecule has 0 spiro atoms. The van der Waals surface area contributed by atoms with Crippen molar-refractivity contribution in [2.45, 2.75) is 31.8 Å². The van der Waals surface area contributed by atoms with Crippen LogP contribution < -0.4 is 15.1 Å². The number of carbonyl (C=O) groups excluding carboxylic acids is 2. The number of hydrogen-bond donors (Lipinski definition) is 1. The predicted molar refractivity (Wildman–Crippen MR) is 139 cm³/mol. The third-order valence-corrected chi connectivity index (χ3v) is 7.49. The lowest BCUT2D eigenvalue weighted by Gasteiger charge is -2.45. The van der Waals surface area contributed by atoms with E-state index >= 15 is 0 Å². The van der Waals surface area contributed by atoms with Crippen LogP contribution in [0.2, 0.25) is 0 Å². The molecule has 3 aliphatic rings. The van der Waals surface area contributed by atoms with Gasteiger partial charge in [0, 0.05) is 69.4 Å². The van der Waals surface area contributed by atoms with Crippen molar-refractivity contribution < 1.29 is 14.3 Å². The van der Waals surface area contributed by atoms with Crippen LogP contribution in [0.25, 0.3) is 0 Å². The molecule has 3 aliphatic heterocycles. The van der Waals surface area contributed by atoms with Gasteiger partial charge < -0.3 is 29.7 Å². The van der Waals surface area contributed by atoms with Gasteiger partial charge in [0.15, 0.2) is 0 Å². The summed E-state index contributed by atoms with van der Waals surface area (Å²) >= 11 is 0. The molecule has 2 aromatic rings. The van der Waals surface area contributed by atoms with Crippen molar-refractivity contribution >= 4 is 34.6 Å². The van der Waals surface area contributed by atoms with Crippen molar-refractivity contribution in [2.24, 2.45) is 0 Å². The lowest BCUT2D eigenvalue weighted by Crippen LogP contribution is -2.55. The summed E-state index contributed by atoms with van der Waals surface area (Å²) in [6.45, 7) is 6.74. The van der Waals surface area contributed by atoms with Crippen LogP contribution in [0.1, 0.15) is 30.1 Å². The average molecular weight is 478 g/mol. The normalized spacial score (nSPS) is 21.7. The van der Waals surface area contributed by atoms with Gasteiger partial charge in [0.2, 0.25) is 5.91 Å². The van der Waals surface area contributed by atoms with Crippen molar-refractivity contribution in [3.05, 3.63) is 48.0 Å². The van der Waals surface area contributed by atoms with Crippen molar-refractivity contribution in [2.75, 3.05) is 68.6 Å². The van der Waals surface area contributed by atoms with E-state index in [1.807, 2.05) is 55.3 Å². The number of rotatable bonds is 4. The van der Waals surface area contributed by atoms with E-state index in [2.05, 4.69) is 28.2 Å². The third kappa shape index (κ3) is 4.73. The van der Waals surface area contributed by atoms with E-state index in [0.29, 0.717) is 5.56 Å². The molecule has 0 bridgehead atoms. The summed E-state index contributed by atoms with van der Waals surface area (Å²) in [5.41, 5.74) is 4.47. The summed E-state index contributed by atoms with van der Waals surface area (Å²) in [5, 5.41) is 3.49. The van der Waals surface area contributed by atoms with Gasteiger partial charge in [-0.25, -0.2) is 0 Å². The van der Waals surface area contributed by atoms with E-state index in [1.165, 1.54) is 0 Å². The SMILES string of the molecule is C[C@@H]1C(=O)N(C)c2ccc(Nc3cccc(C(=O)N4CCN(C)CC4)c3)cc2N1C1CCOCC1. The zero-order valence-electron chi connectivity index (χ0n) is 20.9. The van der Waals surface area contributed by atoms with E-state index in [1.54, 1.807) is 4.90 Å². The highest BCUT2D eigenvalue weighted by Gasteiger charge is 2.38. The zero-order valence-corrected chi connectivity index (χ0v) is 20.9. The van der Waals surface area contributed by atoms with Crippen LogP contribution in [0.15, 0.2) is 42.5 Å². The largest absolute Gasteiger partial charge is 0.381 e. The first kappa shape index (κ1) is 23.6.